The molecule has 2 unspecified atom stereocenters. The van der Waals surface area contributed by atoms with Crippen molar-refractivity contribution in [1.82, 2.24) is 5.32 Å². The lowest BCUT2D eigenvalue weighted by Gasteiger charge is -2.20. The Labute approximate surface area is 122 Å². The van der Waals surface area contributed by atoms with E-state index in [0.29, 0.717) is 16.1 Å². The summed E-state index contributed by atoms with van der Waals surface area (Å²) in [7, 11) is 0. The van der Waals surface area contributed by atoms with Crippen molar-refractivity contribution in [2.24, 2.45) is 0 Å². The predicted molar refractivity (Wildman–Crippen MR) is 80.7 cm³/mol. The second-order valence-corrected chi connectivity index (χ2v) is 5.96. The first-order valence-electron chi connectivity index (χ1n) is 5.81. The van der Waals surface area contributed by atoms with Gasteiger partial charge < -0.3 is 5.32 Å². The molecule has 2 aromatic rings. The Morgan fingerprint density at radius 2 is 1.89 bits per heavy atom. The topological polar surface area (TPSA) is 12.0 Å². The fraction of sp³-hybridized carbons (Fsp3) is 0.286. The van der Waals surface area contributed by atoms with Crippen molar-refractivity contribution in [2.45, 2.75) is 25.9 Å². The van der Waals surface area contributed by atoms with Crippen LogP contribution in [0, 0.1) is 0 Å². The van der Waals surface area contributed by atoms with Crippen LogP contribution in [0.5, 0.6) is 0 Å². The second-order valence-electron chi connectivity index (χ2n) is 4.33. The minimum absolute atomic E-state index is 0.185. The number of benzene rings is 1. The summed E-state index contributed by atoms with van der Waals surface area (Å²) in [5, 5.41) is 9.17. The van der Waals surface area contributed by atoms with Crippen molar-refractivity contribution in [3.63, 3.8) is 0 Å². The fourth-order valence-corrected chi connectivity index (χ4v) is 3.26. The maximum Gasteiger partial charge on any atom is 0.0468 e. The number of halogens is 2. The molecule has 96 valence electrons. The molecule has 0 radical (unpaired) electrons. The average Bonchev–Trinajstić information content (AvgIpc) is 2.81. The smallest absolute Gasteiger partial charge is 0.0468 e. The highest BCUT2D eigenvalue weighted by molar-refractivity contribution is 7.07. The first-order valence-corrected chi connectivity index (χ1v) is 7.51. The van der Waals surface area contributed by atoms with Crippen molar-refractivity contribution in [3.8, 4) is 0 Å². The van der Waals surface area contributed by atoms with E-state index in [1.54, 1.807) is 17.4 Å². The third-order valence-corrected chi connectivity index (χ3v) is 4.24. The van der Waals surface area contributed by atoms with Crippen molar-refractivity contribution >= 4 is 34.5 Å². The second kappa shape index (κ2) is 6.07. The molecule has 0 saturated carbocycles. The van der Waals surface area contributed by atoms with Gasteiger partial charge in [0.25, 0.3) is 0 Å². The van der Waals surface area contributed by atoms with Crippen LogP contribution in [-0.4, -0.2) is 0 Å². The maximum atomic E-state index is 6.21. The van der Waals surface area contributed by atoms with Crippen LogP contribution in [-0.2, 0) is 0 Å². The number of nitrogens with one attached hydrogen (secondary N) is 1. The lowest BCUT2D eigenvalue weighted by molar-refractivity contribution is 0.496. The van der Waals surface area contributed by atoms with Crippen LogP contribution in [0.15, 0.2) is 35.0 Å². The van der Waals surface area contributed by atoms with E-state index < -0.39 is 0 Å². The molecule has 0 fully saturated rings. The summed E-state index contributed by atoms with van der Waals surface area (Å²) in [6.45, 7) is 4.26. The van der Waals surface area contributed by atoms with E-state index in [2.05, 4.69) is 36.0 Å². The van der Waals surface area contributed by atoms with Gasteiger partial charge in [0.2, 0.25) is 0 Å². The van der Waals surface area contributed by atoms with Crippen molar-refractivity contribution in [3.05, 3.63) is 56.2 Å². The molecule has 1 N–H and O–H groups in total. The molecule has 0 aliphatic carbocycles. The van der Waals surface area contributed by atoms with Gasteiger partial charge >= 0.3 is 0 Å². The Balaban J connectivity index is 2.10. The Morgan fingerprint density at radius 1 is 1.11 bits per heavy atom. The van der Waals surface area contributed by atoms with Crippen molar-refractivity contribution in [2.75, 3.05) is 0 Å². The molecule has 1 heterocycles. The highest BCUT2D eigenvalue weighted by atomic mass is 35.5. The van der Waals surface area contributed by atoms with E-state index in [1.807, 2.05) is 12.1 Å². The van der Waals surface area contributed by atoms with E-state index >= 15 is 0 Å². The summed E-state index contributed by atoms with van der Waals surface area (Å²) < 4.78 is 0. The summed E-state index contributed by atoms with van der Waals surface area (Å²) >= 11 is 13.8. The molecule has 0 aliphatic rings. The van der Waals surface area contributed by atoms with Gasteiger partial charge in [-0.05, 0) is 53.9 Å². The van der Waals surface area contributed by atoms with E-state index in [4.69, 9.17) is 23.2 Å². The SMILES string of the molecule is CC(NC(C)c1ccc(Cl)cc1Cl)c1ccsc1. The van der Waals surface area contributed by atoms with Crippen molar-refractivity contribution < 1.29 is 0 Å². The Hall–Kier alpha value is -0.540. The molecule has 0 bridgehead atoms. The van der Waals surface area contributed by atoms with Crippen LogP contribution in [0.4, 0.5) is 0 Å². The van der Waals surface area contributed by atoms with Gasteiger partial charge in [-0.3, -0.25) is 0 Å². The molecule has 0 spiro atoms. The summed E-state index contributed by atoms with van der Waals surface area (Å²) in [4.78, 5) is 0. The normalized spacial score (nSPS) is 14.4. The van der Waals surface area contributed by atoms with Crippen LogP contribution in [0.25, 0.3) is 0 Å². The molecule has 1 nitrogen and oxygen atoms in total. The zero-order valence-corrected chi connectivity index (χ0v) is 12.6. The molecule has 1 aromatic heterocycles. The first-order chi connectivity index (χ1) is 8.58. The molecule has 0 amide bonds. The summed E-state index contributed by atoms with van der Waals surface area (Å²) in [5.41, 5.74) is 2.38. The minimum atomic E-state index is 0.185. The molecular weight excluding hydrogens is 285 g/mol. The third-order valence-electron chi connectivity index (χ3n) is 2.97. The monoisotopic (exact) mass is 299 g/mol. The Bertz CT molecular complexity index is 511. The highest BCUT2D eigenvalue weighted by Crippen LogP contribution is 2.28. The van der Waals surface area contributed by atoms with Gasteiger partial charge in [-0.2, -0.15) is 11.3 Å². The van der Waals surface area contributed by atoms with Gasteiger partial charge in [0.05, 0.1) is 0 Å². The molecule has 0 saturated heterocycles. The molecule has 4 heteroatoms. The summed E-state index contributed by atoms with van der Waals surface area (Å²) in [6, 6.07) is 8.26. The van der Waals surface area contributed by atoms with E-state index in [0.717, 1.165) is 5.56 Å². The lowest BCUT2D eigenvalue weighted by atomic mass is 10.1. The number of hydrogen-bond acceptors (Lipinski definition) is 2. The van der Waals surface area contributed by atoms with Gasteiger partial charge in [-0.25, -0.2) is 0 Å². The third kappa shape index (κ3) is 3.27. The molecule has 1 aromatic carbocycles. The molecule has 18 heavy (non-hydrogen) atoms. The van der Waals surface area contributed by atoms with Gasteiger partial charge in [0, 0.05) is 22.1 Å². The average molecular weight is 300 g/mol. The molecule has 2 rings (SSSR count). The maximum absolute atomic E-state index is 6.21. The zero-order valence-electron chi connectivity index (χ0n) is 10.3. The zero-order chi connectivity index (χ0) is 13.1. The van der Waals surface area contributed by atoms with Gasteiger partial charge in [-0.15, -0.1) is 0 Å². The van der Waals surface area contributed by atoms with Crippen LogP contribution >= 0.6 is 34.5 Å². The van der Waals surface area contributed by atoms with Crippen LogP contribution in [0.3, 0.4) is 0 Å². The molecular formula is C14H15Cl2NS. The first kappa shape index (κ1) is 13.9. The lowest BCUT2D eigenvalue weighted by Crippen LogP contribution is -2.22. The van der Waals surface area contributed by atoms with Gasteiger partial charge in [-0.1, -0.05) is 29.3 Å². The predicted octanol–water partition coefficient (Wildman–Crippen LogP) is 5.47. The minimum Gasteiger partial charge on any atom is -0.304 e. The quantitative estimate of drug-likeness (QED) is 0.789. The van der Waals surface area contributed by atoms with Gasteiger partial charge in [0.15, 0.2) is 0 Å². The van der Waals surface area contributed by atoms with Crippen LogP contribution in [0.1, 0.15) is 37.1 Å². The molecule has 2 atom stereocenters. The van der Waals surface area contributed by atoms with E-state index in [9.17, 15) is 0 Å². The fourth-order valence-electron chi connectivity index (χ4n) is 1.94. The highest BCUT2D eigenvalue weighted by Gasteiger charge is 2.14. The van der Waals surface area contributed by atoms with Crippen molar-refractivity contribution in [1.29, 1.82) is 0 Å². The van der Waals surface area contributed by atoms with Gasteiger partial charge in [0.1, 0.15) is 0 Å². The van der Waals surface area contributed by atoms with Crippen LogP contribution < -0.4 is 5.32 Å². The molecule has 0 aliphatic heterocycles. The Kier molecular flexibility index (Phi) is 4.68. The summed E-state index contributed by atoms with van der Waals surface area (Å²) in [6.07, 6.45) is 0. The van der Waals surface area contributed by atoms with E-state index in [-0.39, 0.29) is 6.04 Å². The number of thiophene rings is 1. The Morgan fingerprint density at radius 3 is 2.50 bits per heavy atom. The largest absolute Gasteiger partial charge is 0.304 e. The standard InChI is InChI=1S/C14H15Cl2NS/c1-9(11-5-6-18-8-11)17-10(2)13-4-3-12(15)7-14(13)16/h3-10,17H,1-2H3. The van der Waals surface area contributed by atoms with E-state index in [1.165, 1.54) is 5.56 Å². The number of hydrogen-bond donors (Lipinski definition) is 1. The number of rotatable bonds is 4. The summed E-state index contributed by atoms with van der Waals surface area (Å²) in [5.74, 6) is 0. The van der Waals surface area contributed by atoms with Crippen LogP contribution in [0.2, 0.25) is 10.0 Å².